The Morgan fingerprint density at radius 2 is 1.53 bits per heavy atom. The molecule has 0 spiro atoms. The Kier molecular flexibility index (Phi) is 37.1. The number of ether oxygens (including phenoxy) is 4. The van der Waals surface area contributed by atoms with Gasteiger partial charge in [0.15, 0.2) is 10.9 Å². The van der Waals surface area contributed by atoms with E-state index in [2.05, 4.69) is 57.3 Å². The molecule has 0 fully saturated rings. The first-order chi connectivity index (χ1) is 42.2. The molecule has 2 heterocycles. The van der Waals surface area contributed by atoms with Crippen LogP contribution >= 0.6 is 77.2 Å². The molecule has 3 unspecified atom stereocenters. The average molecular weight is 1440 g/mol. The van der Waals surface area contributed by atoms with E-state index in [1.54, 1.807) is 16.9 Å². The van der Waals surface area contributed by atoms with Crippen LogP contribution in [0.5, 0.6) is 17.2 Å². The normalized spacial score (nSPS) is 13.6. The number of carbonyl (C=O) groups excluding carboxylic acids is 3. The number of carboxylic acid groups (broad SMARTS) is 2. The highest BCUT2D eigenvalue weighted by Gasteiger charge is 2.33. The summed E-state index contributed by atoms with van der Waals surface area (Å²) in [6, 6.07) is 19.7. The Morgan fingerprint density at radius 1 is 0.912 bits per heavy atom. The van der Waals surface area contributed by atoms with Gasteiger partial charge in [0.2, 0.25) is 23.1 Å². The largest absolute Gasteiger partial charge is 0.778 e. The Bertz CT molecular complexity index is 3210. The Morgan fingerprint density at radius 3 is 2.04 bits per heavy atom. The Labute approximate surface area is 560 Å². The lowest BCUT2D eigenvalue weighted by molar-refractivity contribution is -0.193. The Balaban J connectivity index is 0.000000578. The second-order valence-electron chi connectivity index (χ2n) is 20.5. The van der Waals surface area contributed by atoms with Crippen LogP contribution in [0.1, 0.15) is 82.4 Å². The van der Waals surface area contributed by atoms with Crippen molar-refractivity contribution in [2.45, 2.75) is 103 Å². The molecule has 4 atom stereocenters. The number of aryl methyl sites for hydroxylation is 2. The van der Waals surface area contributed by atoms with Gasteiger partial charge in [0.05, 0.1) is 82.8 Å². The SMILES string of the molecule is CC1COc2ccccc2N1C(=O)C(Cl)Cl.CCNc1nc(Cl)nc(NC(C)(C)C)n1.CCc1cccc(C)c1N(C(=O)CCl)C(C)COC.C[C@H](OC(=O)c1cc(Oc2ccc(C(F)(F)F)cc2Cl)ccc1Cl)C(=O)O.C[S+](C)C.O=C(O)CNCP(=O)([O-])O. The van der Waals surface area contributed by atoms with Gasteiger partial charge in [-0.2, -0.15) is 28.1 Å². The number of fused-ring (bicyclic) bond motifs is 1. The first-order valence-electron chi connectivity index (χ1n) is 27.2. The fourth-order valence-electron chi connectivity index (χ4n) is 7.23. The summed E-state index contributed by atoms with van der Waals surface area (Å²) in [5.74, 6) is -2.32. The molecule has 6 rings (SSSR count). The van der Waals surface area contributed by atoms with Crippen LogP contribution in [0.2, 0.25) is 15.3 Å². The minimum Gasteiger partial charge on any atom is -0.778 e. The molecule has 1 aromatic heterocycles. The lowest BCUT2D eigenvalue weighted by Crippen LogP contribution is -2.47. The summed E-state index contributed by atoms with van der Waals surface area (Å²) in [5, 5.41) is 24.7. The van der Waals surface area contributed by atoms with E-state index < -0.39 is 61.0 Å². The van der Waals surface area contributed by atoms with Gasteiger partial charge in [-0.3, -0.25) is 19.7 Å². The third kappa shape index (κ3) is 31.7. The molecule has 2 amide bonds. The maximum absolute atomic E-state index is 12.7. The molecule has 0 radical (unpaired) electrons. The van der Waals surface area contributed by atoms with Crippen molar-refractivity contribution in [2.75, 3.05) is 84.8 Å². The first-order valence-corrected chi connectivity index (χ1v) is 33.9. The number of aliphatic carboxylic acids is 2. The molecular formula is C58H76Cl6F3N8O14PS. The van der Waals surface area contributed by atoms with Crippen molar-refractivity contribution in [1.82, 2.24) is 20.3 Å². The van der Waals surface area contributed by atoms with Crippen LogP contribution in [0.15, 0.2) is 78.9 Å². The van der Waals surface area contributed by atoms with Gasteiger partial charge >= 0.3 is 24.1 Å². The predicted molar refractivity (Wildman–Crippen MR) is 353 cm³/mol. The topological polar surface area (TPSA) is 304 Å². The number of aromatic nitrogens is 3. The number of esters is 1. The summed E-state index contributed by atoms with van der Waals surface area (Å²) in [7, 11) is -2.07. The van der Waals surface area contributed by atoms with Crippen molar-refractivity contribution in [3.63, 3.8) is 0 Å². The summed E-state index contributed by atoms with van der Waals surface area (Å²) in [6.07, 6.45) is 0.796. The molecular weight excluding hydrogens is 1370 g/mol. The molecule has 0 saturated carbocycles. The second kappa shape index (κ2) is 40.5. The number of hydrogen-bond acceptors (Lipinski definition) is 17. The zero-order valence-electron chi connectivity index (χ0n) is 52.1. The van der Waals surface area contributed by atoms with Gasteiger partial charge in [-0.15, -0.1) is 11.6 Å². The number of para-hydroxylation sites is 3. The summed E-state index contributed by atoms with van der Waals surface area (Å²) in [4.78, 5) is 89.1. The molecule has 506 valence electrons. The first kappa shape index (κ1) is 83.4. The number of rotatable bonds is 19. The smallest absolute Gasteiger partial charge is 0.416 e. The quantitative estimate of drug-likeness (QED) is 0.0194. The molecule has 6 N–H and O–H groups in total. The van der Waals surface area contributed by atoms with E-state index in [0.717, 1.165) is 60.6 Å². The minimum absolute atomic E-state index is 0.0223. The number of anilines is 4. The number of methoxy groups -OCH3 is 1. The number of benzene rings is 4. The third-order valence-electron chi connectivity index (χ3n) is 10.9. The molecule has 4 aromatic carbocycles. The van der Waals surface area contributed by atoms with Gasteiger partial charge in [-0.1, -0.05) is 83.7 Å². The van der Waals surface area contributed by atoms with E-state index in [1.165, 1.54) is 12.1 Å². The highest BCUT2D eigenvalue weighted by Crippen LogP contribution is 2.38. The van der Waals surface area contributed by atoms with Crippen molar-refractivity contribution in [3.8, 4) is 17.2 Å². The van der Waals surface area contributed by atoms with Gasteiger partial charge < -0.3 is 63.9 Å². The van der Waals surface area contributed by atoms with Gasteiger partial charge in [-0.25, -0.2) is 9.59 Å². The highest BCUT2D eigenvalue weighted by molar-refractivity contribution is 7.94. The van der Waals surface area contributed by atoms with Crippen LogP contribution in [-0.2, 0) is 56.7 Å². The number of alkyl halides is 6. The number of carboxylic acids is 2. The standard InChI is InChI=1S/C17H11Cl2F3O5.C15H22ClNO2.C11H11Cl2NO2.C9H16ClN5.C3H8NO5P.C3H9S/c1-8(15(23)24)26-16(25)11-7-10(3-4-12(11)18)27-14-5-2-9(6-13(14)19)17(20,21)22;1-5-13-8-6-7-11(2)15(13)17(14(18)9-16)12(3)10-19-4;1-7-6-16-9-5-3-2-4-8(9)14(7)11(15)10(12)13;1-5-11-7-12-6(10)13-8(14-7)15-9(2,3)4;5-3(6)1-4-2-10(7,8)9;1-4(2)3/h2-8H,1H3,(H,23,24);6-8,12H,5,9-10H2,1-4H3;2-5,7,10H,6H2,1H3;5H2,1-4H3,(H2,11,12,13,14,15);4H,1-2H2,(H,5,6)(H2,7,8,9);1-3H3/q;;;;;+1/p-1/t8-;;;;;/m0...../s1. The fraction of sp³-hybridized carbons (Fsp3) is 0.448. The summed E-state index contributed by atoms with van der Waals surface area (Å²) >= 11 is 34.5. The number of carbonyl (C=O) groups is 5. The van der Waals surface area contributed by atoms with E-state index in [1.807, 2.05) is 90.2 Å². The summed E-state index contributed by atoms with van der Waals surface area (Å²) in [6.45, 7) is 18.4. The lowest BCUT2D eigenvalue weighted by atomic mass is 10.0. The summed E-state index contributed by atoms with van der Waals surface area (Å²) in [5.41, 5.74) is 2.71. The van der Waals surface area contributed by atoms with Gasteiger partial charge in [0, 0.05) is 19.2 Å². The van der Waals surface area contributed by atoms with E-state index >= 15 is 0 Å². The number of nitrogens with zero attached hydrogens (tertiary/aromatic N) is 5. The predicted octanol–water partition coefficient (Wildman–Crippen LogP) is 12.0. The number of nitrogens with one attached hydrogen (secondary N) is 3. The second-order valence-corrected chi connectivity index (χ2v) is 27.1. The van der Waals surface area contributed by atoms with Crippen LogP contribution in [-0.4, -0.2) is 153 Å². The lowest BCUT2D eigenvalue weighted by Gasteiger charge is -2.35. The van der Waals surface area contributed by atoms with E-state index in [0.29, 0.717) is 47.8 Å². The molecule has 5 aromatic rings. The maximum atomic E-state index is 12.7. The zero-order chi connectivity index (χ0) is 69.7. The van der Waals surface area contributed by atoms with Crippen molar-refractivity contribution in [2.24, 2.45) is 0 Å². The van der Waals surface area contributed by atoms with E-state index in [-0.39, 0.29) is 67.7 Å². The summed E-state index contributed by atoms with van der Waals surface area (Å²) < 4.78 is 68.8. The zero-order valence-corrected chi connectivity index (χ0v) is 58.3. The van der Waals surface area contributed by atoms with Crippen LogP contribution in [0, 0.1) is 6.92 Å². The van der Waals surface area contributed by atoms with Crippen LogP contribution in [0.4, 0.5) is 36.4 Å². The molecule has 91 heavy (non-hydrogen) atoms. The number of amides is 2. The van der Waals surface area contributed by atoms with Crippen LogP contribution in [0.3, 0.4) is 0 Å². The van der Waals surface area contributed by atoms with E-state index in [4.69, 9.17) is 104 Å². The van der Waals surface area contributed by atoms with Gasteiger partial charge in [0.1, 0.15) is 37.3 Å². The molecule has 1 aliphatic rings. The van der Waals surface area contributed by atoms with Crippen molar-refractivity contribution in [1.29, 1.82) is 0 Å². The van der Waals surface area contributed by atoms with Crippen LogP contribution in [0.25, 0.3) is 0 Å². The van der Waals surface area contributed by atoms with Crippen molar-refractivity contribution in [3.05, 3.63) is 116 Å². The minimum atomic E-state index is -4.56. The van der Waals surface area contributed by atoms with Gasteiger partial charge in [0.25, 0.3) is 5.91 Å². The molecule has 0 bridgehead atoms. The number of halogens is 9. The number of hydrogen-bond donors (Lipinski definition) is 6. The third-order valence-corrected chi connectivity index (χ3v) is 13.0. The molecule has 0 saturated heterocycles. The fourth-order valence-corrected chi connectivity index (χ4v) is 8.54. The van der Waals surface area contributed by atoms with Crippen LogP contribution < -0.4 is 40.1 Å². The van der Waals surface area contributed by atoms with E-state index in [9.17, 15) is 46.6 Å². The Hall–Kier alpha value is -5.61. The molecule has 33 heteroatoms. The van der Waals surface area contributed by atoms with Crippen molar-refractivity contribution >= 4 is 141 Å². The highest BCUT2D eigenvalue weighted by atomic mass is 35.5. The monoisotopic (exact) mass is 1440 g/mol. The molecule has 22 nitrogen and oxygen atoms in total. The average Bonchev–Trinajstić information content (AvgIpc) is 1.02. The van der Waals surface area contributed by atoms with Crippen molar-refractivity contribution < 1.29 is 80.7 Å². The van der Waals surface area contributed by atoms with Gasteiger partial charge in [-0.05, 0) is 144 Å². The maximum Gasteiger partial charge on any atom is 0.416 e. The molecule has 0 aliphatic carbocycles. The molecule has 1 aliphatic heterocycles.